The maximum atomic E-state index is 12.4. The molecule has 1 aliphatic heterocycles. The zero-order valence-corrected chi connectivity index (χ0v) is 15.2. The summed E-state index contributed by atoms with van der Waals surface area (Å²) in [6.45, 7) is -0.385. The Morgan fingerprint density at radius 3 is 2.11 bits per heavy atom. The van der Waals surface area contributed by atoms with Gasteiger partial charge in [0.15, 0.2) is 11.5 Å². The van der Waals surface area contributed by atoms with Gasteiger partial charge in [-0.3, -0.25) is 0 Å². The minimum absolute atomic E-state index is 0.0571. The lowest BCUT2D eigenvalue weighted by Gasteiger charge is -2.32. The van der Waals surface area contributed by atoms with E-state index in [1.807, 2.05) is 0 Å². The molecule has 10 nitrogen and oxygen atoms in total. The Labute approximate surface area is 154 Å². The van der Waals surface area contributed by atoms with Gasteiger partial charge in [0.05, 0.1) is 51.9 Å². The Kier molecular flexibility index (Phi) is 6.24. The number of rotatable bonds is 6. The van der Waals surface area contributed by atoms with Gasteiger partial charge in [-0.1, -0.05) is 0 Å². The number of carbonyl (C=O) groups is 3. The van der Waals surface area contributed by atoms with Gasteiger partial charge in [0.2, 0.25) is 0 Å². The number of carboxylic acid groups (broad SMARTS) is 1. The van der Waals surface area contributed by atoms with Crippen molar-refractivity contribution >= 4 is 23.6 Å². The molecule has 2 rings (SSSR count). The average molecular weight is 381 g/mol. The van der Waals surface area contributed by atoms with Crippen LogP contribution in [0.15, 0.2) is 23.4 Å². The van der Waals surface area contributed by atoms with E-state index in [0.717, 1.165) is 14.2 Å². The molecule has 0 fully saturated rings. The van der Waals surface area contributed by atoms with Gasteiger partial charge in [0, 0.05) is 12.1 Å². The first-order valence-electron chi connectivity index (χ1n) is 7.63. The van der Waals surface area contributed by atoms with Gasteiger partial charge in [-0.25, -0.2) is 14.4 Å². The first-order valence-corrected chi connectivity index (χ1v) is 7.63. The summed E-state index contributed by atoms with van der Waals surface area (Å²) in [4.78, 5) is 37.4. The van der Waals surface area contributed by atoms with Crippen LogP contribution in [-0.2, 0) is 23.8 Å². The molecule has 0 radical (unpaired) electrons. The van der Waals surface area contributed by atoms with E-state index in [0.29, 0.717) is 0 Å². The van der Waals surface area contributed by atoms with E-state index in [2.05, 4.69) is 4.74 Å². The SMILES string of the molecule is COC(=O)C1=C(C(=O)OC)N(c2cc(OC)c(OC)cc2C(=O)O)COC1. The summed E-state index contributed by atoms with van der Waals surface area (Å²) in [7, 11) is 5.04. The van der Waals surface area contributed by atoms with Crippen molar-refractivity contribution in [1.29, 1.82) is 0 Å². The monoisotopic (exact) mass is 381 g/mol. The van der Waals surface area contributed by atoms with Gasteiger partial charge < -0.3 is 33.7 Å². The molecular formula is C17H19NO9. The number of nitrogens with zero attached hydrogens (tertiary/aromatic N) is 1. The molecule has 146 valence electrons. The highest BCUT2D eigenvalue weighted by molar-refractivity contribution is 6.05. The number of hydrogen-bond acceptors (Lipinski definition) is 9. The third-order valence-corrected chi connectivity index (χ3v) is 3.86. The van der Waals surface area contributed by atoms with E-state index in [4.69, 9.17) is 18.9 Å². The van der Waals surface area contributed by atoms with Gasteiger partial charge in [-0.15, -0.1) is 0 Å². The highest BCUT2D eigenvalue weighted by Crippen LogP contribution is 2.38. The molecule has 0 aromatic heterocycles. The molecule has 0 saturated heterocycles. The average Bonchev–Trinajstić information content (AvgIpc) is 2.70. The zero-order valence-electron chi connectivity index (χ0n) is 15.2. The van der Waals surface area contributed by atoms with Gasteiger partial charge in [-0.05, 0) is 0 Å². The number of esters is 2. The number of carbonyl (C=O) groups excluding carboxylic acids is 2. The quantitative estimate of drug-likeness (QED) is 0.708. The number of aromatic carboxylic acids is 1. The lowest BCUT2D eigenvalue weighted by molar-refractivity contribution is -0.140. The van der Waals surface area contributed by atoms with Crippen molar-refractivity contribution < 1.29 is 43.2 Å². The van der Waals surface area contributed by atoms with Crippen LogP contribution >= 0.6 is 0 Å². The van der Waals surface area contributed by atoms with E-state index in [1.54, 1.807) is 0 Å². The van der Waals surface area contributed by atoms with E-state index >= 15 is 0 Å². The van der Waals surface area contributed by atoms with Crippen molar-refractivity contribution in [1.82, 2.24) is 0 Å². The van der Waals surface area contributed by atoms with Crippen LogP contribution in [0.1, 0.15) is 10.4 Å². The van der Waals surface area contributed by atoms with Gasteiger partial charge in [0.25, 0.3) is 0 Å². The predicted molar refractivity (Wildman–Crippen MR) is 90.9 cm³/mol. The van der Waals surface area contributed by atoms with Crippen LogP contribution < -0.4 is 14.4 Å². The molecule has 0 spiro atoms. The Hall–Kier alpha value is -3.27. The Morgan fingerprint density at radius 2 is 1.59 bits per heavy atom. The van der Waals surface area contributed by atoms with E-state index < -0.39 is 17.9 Å². The molecule has 27 heavy (non-hydrogen) atoms. The van der Waals surface area contributed by atoms with Crippen molar-refractivity contribution in [3.05, 3.63) is 29.0 Å². The van der Waals surface area contributed by atoms with Crippen molar-refractivity contribution in [3.8, 4) is 11.5 Å². The normalized spacial score (nSPS) is 13.9. The molecule has 0 atom stereocenters. The third-order valence-electron chi connectivity index (χ3n) is 3.86. The lowest BCUT2D eigenvalue weighted by atomic mass is 10.1. The van der Waals surface area contributed by atoms with Gasteiger partial charge in [0.1, 0.15) is 12.4 Å². The second kappa shape index (κ2) is 8.41. The smallest absolute Gasteiger partial charge is 0.355 e. The number of carboxylic acids is 1. The number of benzene rings is 1. The van der Waals surface area contributed by atoms with Crippen molar-refractivity contribution in [2.75, 3.05) is 46.7 Å². The summed E-state index contributed by atoms with van der Waals surface area (Å²) in [6, 6.07) is 2.62. The molecule has 0 bridgehead atoms. The second-order valence-corrected chi connectivity index (χ2v) is 5.25. The zero-order chi connectivity index (χ0) is 20.1. The standard InChI is InChI=1S/C17H19NO9/c1-23-12-5-9(15(19)20)11(6-13(12)24-2)18-8-27-7-10(16(21)25-3)14(18)17(22)26-4/h5-6H,7-8H2,1-4H3,(H,19,20). The van der Waals surface area contributed by atoms with Crippen molar-refractivity contribution in [2.45, 2.75) is 0 Å². The van der Waals surface area contributed by atoms with Crippen LogP contribution in [-0.4, -0.2) is 64.8 Å². The molecule has 1 N–H and O–H groups in total. The van der Waals surface area contributed by atoms with E-state index in [9.17, 15) is 19.5 Å². The fourth-order valence-electron chi connectivity index (χ4n) is 2.60. The van der Waals surface area contributed by atoms with Crippen LogP contribution in [0.3, 0.4) is 0 Å². The summed E-state index contributed by atoms with van der Waals surface area (Å²) >= 11 is 0. The van der Waals surface area contributed by atoms with Crippen LogP contribution in [0.2, 0.25) is 0 Å². The molecule has 1 aliphatic rings. The van der Waals surface area contributed by atoms with Crippen LogP contribution in [0.5, 0.6) is 11.5 Å². The number of hydrogen-bond donors (Lipinski definition) is 1. The Balaban J connectivity index is 2.75. The lowest BCUT2D eigenvalue weighted by Crippen LogP contribution is -2.39. The minimum Gasteiger partial charge on any atom is -0.493 e. The van der Waals surface area contributed by atoms with E-state index in [-0.39, 0.29) is 47.4 Å². The summed E-state index contributed by atoms with van der Waals surface area (Å²) in [6.07, 6.45) is 0. The van der Waals surface area contributed by atoms with Gasteiger partial charge in [-0.2, -0.15) is 0 Å². The largest absolute Gasteiger partial charge is 0.493 e. The number of anilines is 1. The molecular weight excluding hydrogens is 362 g/mol. The first kappa shape index (κ1) is 20.0. The molecule has 1 aromatic carbocycles. The fraction of sp³-hybridized carbons (Fsp3) is 0.353. The summed E-state index contributed by atoms with van der Waals surface area (Å²) in [5.74, 6) is -2.50. The maximum Gasteiger partial charge on any atom is 0.355 e. The molecule has 0 saturated carbocycles. The van der Waals surface area contributed by atoms with Crippen LogP contribution in [0, 0.1) is 0 Å². The Bertz CT molecular complexity index is 800. The van der Waals surface area contributed by atoms with Crippen molar-refractivity contribution in [3.63, 3.8) is 0 Å². The second-order valence-electron chi connectivity index (χ2n) is 5.25. The topological polar surface area (TPSA) is 121 Å². The predicted octanol–water partition coefficient (Wildman–Crippen LogP) is 0.796. The van der Waals surface area contributed by atoms with Crippen molar-refractivity contribution in [2.24, 2.45) is 0 Å². The highest BCUT2D eigenvalue weighted by Gasteiger charge is 2.34. The third kappa shape index (κ3) is 3.80. The maximum absolute atomic E-state index is 12.4. The van der Waals surface area contributed by atoms with Gasteiger partial charge >= 0.3 is 17.9 Å². The molecule has 1 heterocycles. The highest BCUT2D eigenvalue weighted by atomic mass is 16.5. The van der Waals surface area contributed by atoms with E-state index in [1.165, 1.54) is 31.3 Å². The van der Waals surface area contributed by atoms with Crippen LogP contribution in [0.4, 0.5) is 5.69 Å². The Morgan fingerprint density at radius 1 is 1.00 bits per heavy atom. The molecule has 0 unspecified atom stereocenters. The first-order chi connectivity index (χ1) is 12.9. The molecule has 0 amide bonds. The molecule has 1 aromatic rings. The summed E-state index contributed by atoms with van der Waals surface area (Å²) in [5.41, 5.74) is -0.405. The van der Waals surface area contributed by atoms with Crippen LogP contribution in [0.25, 0.3) is 0 Å². The molecule has 10 heteroatoms. The summed E-state index contributed by atoms with van der Waals surface area (Å²) in [5, 5.41) is 9.60. The summed E-state index contributed by atoms with van der Waals surface area (Å²) < 4.78 is 25.1. The number of ether oxygens (including phenoxy) is 5. The molecule has 0 aliphatic carbocycles. The number of methoxy groups -OCH3 is 4. The minimum atomic E-state index is -1.28. The fourth-order valence-corrected chi connectivity index (χ4v) is 2.60.